The Morgan fingerprint density at radius 3 is 1.31 bits per heavy atom. The molecular weight excluding hydrogens is 953 g/mol. The second-order valence-corrected chi connectivity index (χ2v) is 20.5. The second kappa shape index (κ2) is 20.9. The van der Waals surface area contributed by atoms with Gasteiger partial charge in [0.2, 0.25) is 23.1 Å². The number of carboxylic acid groups (broad SMARTS) is 2. The molecule has 9 aromatic rings. The number of carbonyl (C=O) groups is 2. The smallest absolute Gasteiger partial charge is 0.370 e. The average Bonchev–Trinajstić information content (AvgIpc) is 4.02. The zero-order valence-corrected chi connectivity index (χ0v) is 42.5. The normalized spacial score (nSPS) is 15.1. The quantitative estimate of drug-likeness (QED) is 0.150. The SMILES string of the molecule is CN1/C(=C/c2cc[n+](C)c3ccccc23)Sc2ccccc21.CN1/C(=C/c2cc[n+](CC(=O)O)c3ccccc23)Sc2ccccc21.C[n+]1ccc(/C=C2\Sc3ccccc3N2CC(=O)O)c2ccccc21. The summed E-state index contributed by atoms with van der Waals surface area (Å²) in [5.74, 6) is -1.68. The Hall–Kier alpha value is -7.84. The summed E-state index contributed by atoms with van der Waals surface area (Å²) in [5, 5.41) is 25.3. The molecule has 2 N–H and O–H groups in total. The summed E-state index contributed by atoms with van der Waals surface area (Å²) in [4.78, 5) is 32.4. The van der Waals surface area contributed by atoms with E-state index in [-0.39, 0.29) is 13.1 Å². The highest BCUT2D eigenvalue weighted by atomic mass is 32.2. The minimum absolute atomic E-state index is 0.0442. The Balaban J connectivity index is 0.000000125. The van der Waals surface area contributed by atoms with Gasteiger partial charge < -0.3 is 24.9 Å². The van der Waals surface area contributed by atoms with Crippen molar-refractivity contribution in [3.05, 3.63) is 214 Å². The van der Waals surface area contributed by atoms with E-state index in [2.05, 4.69) is 155 Å². The molecule has 13 heteroatoms. The molecule has 3 aliphatic heterocycles. The van der Waals surface area contributed by atoms with Gasteiger partial charge in [0, 0.05) is 65.2 Å². The van der Waals surface area contributed by atoms with E-state index in [1.807, 2.05) is 109 Å². The molecule has 0 aliphatic carbocycles. The molecule has 0 bridgehead atoms. The van der Waals surface area contributed by atoms with Crippen LogP contribution in [-0.2, 0) is 30.2 Å². The van der Waals surface area contributed by atoms with Gasteiger partial charge in [-0.3, -0.25) is 4.79 Å². The number of rotatable bonds is 7. The first-order chi connectivity index (χ1) is 35.0. The van der Waals surface area contributed by atoms with Crippen molar-refractivity contribution in [2.45, 2.75) is 21.2 Å². The number of anilines is 3. The van der Waals surface area contributed by atoms with Gasteiger partial charge >= 0.3 is 11.9 Å². The number of nitrogens with zero attached hydrogens (tertiary/aromatic N) is 6. The standard InChI is InChI=1S/2C20H16N2O2S.C19H17N2S/c1-21-17-8-4-5-9-18(17)25-19(21)12-14-10-11-22(13-20(23)24)16-7-3-2-6-15(14)16;1-21-11-10-14(15-6-2-3-7-16(15)21)12-19-22(13-20(23)24)17-8-4-5-9-18(17)25-19;1-20-12-11-14(15-7-3-4-8-16(15)20)13-19-21(2)17-9-5-6-10-18(17)22-19/h2*2-12H,13H2,1H3;3-13H,1-2H3/q;;+1/p+2. The number of benzene rings is 6. The van der Waals surface area contributed by atoms with Gasteiger partial charge in [-0.2, -0.15) is 4.57 Å². The topological polar surface area (TPSA) is 96.0 Å². The molecular formula is C59H51N6O4S3+3. The lowest BCUT2D eigenvalue weighted by Gasteiger charge is -2.18. The summed E-state index contributed by atoms with van der Waals surface area (Å²) in [6.45, 7) is -0.0914. The summed E-state index contributed by atoms with van der Waals surface area (Å²) in [6, 6.07) is 55.7. The maximum absolute atomic E-state index is 11.3. The molecule has 0 amide bonds. The van der Waals surface area contributed by atoms with Gasteiger partial charge in [-0.25, -0.2) is 13.9 Å². The van der Waals surface area contributed by atoms with Gasteiger partial charge in [0.25, 0.3) is 0 Å². The molecule has 0 radical (unpaired) electrons. The number of pyridine rings is 3. The van der Waals surface area contributed by atoms with Crippen LogP contribution in [0.5, 0.6) is 0 Å². The molecule has 3 aromatic heterocycles. The third-order valence-corrected chi connectivity index (χ3v) is 16.2. The number of para-hydroxylation sites is 6. The molecule has 356 valence electrons. The third-order valence-electron chi connectivity index (χ3n) is 12.7. The maximum Gasteiger partial charge on any atom is 0.370 e. The van der Waals surface area contributed by atoms with E-state index in [9.17, 15) is 14.7 Å². The van der Waals surface area contributed by atoms with Crippen LogP contribution in [0.1, 0.15) is 16.7 Å². The monoisotopic (exact) mass is 1000 g/mol. The fourth-order valence-electron chi connectivity index (χ4n) is 9.10. The molecule has 6 heterocycles. The largest absolute Gasteiger partial charge is 0.480 e. The van der Waals surface area contributed by atoms with E-state index in [0.29, 0.717) is 0 Å². The highest BCUT2D eigenvalue weighted by molar-refractivity contribution is 8.04. The molecule has 0 fully saturated rings. The summed E-state index contributed by atoms with van der Waals surface area (Å²) < 4.78 is 6.01. The van der Waals surface area contributed by atoms with E-state index >= 15 is 0 Å². The zero-order valence-electron chi connectivity index (χ0n) is 40.1. The van der Waals surface area contributed by atoms with E-state index in [0.717, 1.165) is 53.6 Å². The van der Waals surface area contributed by atoms with Crippen LogP contribution in [0.3, 0.4) is 0 Å². The van der Waals surface area contributed by atoms with Gasteiger partial charge in [-0.15, -0.1) is 0 Å². The molecule has 10 nitrogen and oxygen atoms in total. The van der Waals surface area contributed by atoms with Crippen LogP contribution in [-0.4, -0.2) is 42.8 Å². The van der Waals surface area contributed by atoms with E-state index in [1.165, 1.54) is 42.7 Å². The predicted octanol–water partition coefficient (Wildman–Crippen LogP) is 11.6. The van der Waals surface area contributed by atoms with E-state index in [1.54, 1.807) is 28.1 Å². The number of thioether (sulfide) groups is 3. The number of fused-ring (bicyclic) bond motifs is 6. The van der Waals surface area contributed by atoms with Crippen molar-refractivity contribution in [3.63, 3.8) is 0 Å². The first kappa shape index (κ1) is 47.8. The van der Waals surface area contributed by atoms with Gasteiger partial charge in [0.1, 0.15) is 20.6 Å². The van der Waals surface area contributed by atoms with Crippen molar-refractivity contribution < 1.29 is 33.5 Å². The van der Waals surface area contributed by atoms with Crippen molar-refractivity contribution in [2.24, 2.45) is 14.1 Å². The summed E-state index contributed by atoms with van der Waals surface area (Å²) >= 11 is 5.19. The van der Waals surface area contributed by atoms with Crippen LogP contribution in [0, 0.1) is 0 Å². The highest BCUT2D eigenvalue weighted by Gasteiger charge is 2.28. The lowest BCUT2D eigenvalue weighted by molar-refractivity contribution is -0.660. The third kappa shape index (κ3) is 9.91. The number of hydrogen-bond donors (Lipinski definition) is 2. The molecule has 0 unspecified atom stereocenters. The van der Waals surface area contributed by atoms with E-state index < -0.39 is 11.9 Å². The molecule has 0 atom stereocenters. The summed E-state index contributed by atoms with van der Waals surface area (Å²) in [6.07, 6.45) is 12.5. The summed E-state index contributed by atoms with van der Waals surface area (Å²) in [5.41, 5.74) is 10.2. The first-order valence-corrected chi connectivity index (χ1v) is 25.8. The lowest BCUT2D eigenvalue weighted by Crippen LogP contribution is -2.38. The fourth-order valence-corrected chi connectivity index (χ4v) is 12.4. The maximum atomic E-state index is 11.3. The Bertz CT molecular complexity index is 3690. The Morgan fingerprint density at radius 1 is 0.458 bits per heavy atom. The fraction of sp³-hybridized carbons (Fsp3) is 0.102. The van der Waals surface area contributed by atoms with Gasteiger partial charge in [0.15, 0.2) is 18.6 Å². The average molecular weight is 1000 g/mol. The number of aryl methyl sites for hydroxylation is 2. The van der Waals surface area contributed by atoms with Crippen molar-refractivity contribution in [1.82, 2.24) is 0 Å². The van der Waals surface area contributed by atoms with Gasteiger partial charge in [-0.1, -0.05) is 108 Å². The van der Waals surface area contributed by atoms with Gasteiger partial charge in [0.05, 0.1) is 48.3 Å². The van der Waals surface area contributed by atoms with Crippen molar-refractivity contribution in [3.8, 4) is 0 Å². The number of aliphatic carboxylic acids is 2. The molecule has 72 heavy (non-hydrogen) atoms. The first-order valence-electron chi connectivity index (χ1n) is 23.3. The number of aromatic nitrogens is 3. The number of hydrogen-bond acceptors (Lipinski definition) is 8. The second-order valence-electron chi connectivity index (χ2n) is 17.4. The molecule has 12 rings (SSSR count). The Kier molecular flexibility index (Phi) is 13.9. The minimum atomic E-state index is -0.845. The molecule has 3 aliphatic rings. The van der Waals surface area contributed by atoms with Crippen LogP contribution < -0.4 is 28.4 Å². The molecule has 0 saturated heterocycles. The van der Waals surface area contributed by atoms with Crippen molar-refractivity contribution in [2.75, 3.05) is 35.3 Å². The van der Waals surface area contributed by atoms with Crippen LogP contribution in [0.4, 0.5) is 17.1 Å². The Labute approximate surface area is 431 Å². The lowest BCUT2D eigenvalue weighted by atomic mass is 10.1. The van der Waals surface area contributed by atoms with Crippen molar-refractivity contribution >= 4 is 115 Å². The van der Waals surface area contributed by atoms with Crippen LogP contribution >= 0.6 is 35.3 Å². The van der Waals surface area contributed by atoms with Gasteiger partial charge in [-0.05, 0) is 89.5 Å². The Morgan fingerprint density at radius 2 is 0.833 bits per heavy atom. The van der Waals surface area contributed by atoms with Crippen LogP contribution in [0.25, 0.3) is 50.9 Å². The molecule has 6 aromatic carbocycles. The highest BCUT2D eigenvalue weighted by Crippen LogP contribution is 2.48. The molecule has 0 saturated carbocycles. The minimum Gasteiger partial charge on any atom is -0.480 e. The summed E-state index contributed by atoms with van der Waals surface area (Å²) in [7, 11) is 8.32. The number of carboxylic acids is 2. The van der Waals surface area contributed by atoms with Crippen LogP contribution in [0.2, 0.25) is 0 Å². The predicted molar refractivity (Wildman–Crippen MR) is 295 cm³/mol. The van der Waals surface area contributed by atoms with E-state index in [4.69, 9.17) is 5.11 Å². The van der Waals surface area contributed by atoms with Crippen LogP contribution in [0.15, 0.2) is 212 Å². The van der Waals surface area contributed by atoms with Crippen molar-refractivity contribution in [1.29, 1.82) is 0 Å². The zero-order chi connectivity index (χ0) is 49.9. The molecule has 0 spiro atoms.